The van der Waals surface area contributed by atoms with Gasteiger partial charge in [0.15, 0.2) is 0 Å². The predicted molar refractivity (Wildman–Crippen MR) is 78.0 cm³/mol. The fourth-order valence-electron chi connectivity index (χ4n) is 2.11. The van der Waals surface area contributed by atoms with Crippen molar-refractivity contribution < 1.29 is 9.32 Å². The van der Waals surface area contributed by atoms with Crippen LogP contribution in [0.25, 0.3) is 0 Å². The summed E-state index contributed by atoms with van der Waals surface area (Å²) < 4.78 is 12.2. The Balaban J connectivity index is 1.81. The Labute approximate surface area is 119 Å². The molecule has 0 amide bonds. The van der Waals surface area contributed by atoms with Crippen LogP contribution in [0.1, 0.15) is 24.5 Å². The van der Waals surface area contributed by atoms with Gasteiger partial charge in [-0.05, 0) is 30.5 Å². The van der Waals surface area contributed by atoms with Crippen LogP contribution in [0.3, 0.4) is 0 Å². The molecule has 1 aliphatic heterocycles. The number of aliphatic hydroxyl groups is 1. The molecular weight excluding hydrogens is 314 g/mol. The summed E-state index contributed by atoms with van der Waals surface area (Å²) in [6.45, 7) is 0.549. The van der Waals surface area contributed by atoms with Crippen LogP contribution in [-0.4, -0.2) is 33.4 Å². The third kappa shape index (κ3) is 4.16. The van der Waals surface area contributed by atoms with Crippen LogP contribution in [0.2, 0.25) is 0 Å². The lowest BCUT2D eigenvalue weighted by atomic mass is 10.1. The van der Waals surface area contributed by atoms with E-state index in [2.05, 4.69) is 21.2 Å². The van der Waals surface area contributed by atoms with Crippen molar-refractivity contribution in [2.75, 3.05) is 18.1 Å². The molecule has 2 N–H and O–H groups in total. The van der Waals surface area contributed by atoms with Crippen LogP contribution in [0, 0.1) is 0 Å². The molecule has 1 atom stereocenters. The van der Waals surface area contributed by atoms with Crippen LogP contribution in [-0.2, 0) is 10.8 Å². The highest BCUT2D eigenvalue weighted by molar-refractivity contribution is 9.10. The molecule has 0 spiro atoms. The molecule has 1 aliphatic rings. The Morgan fingerprint density at radius 2 is 2.17 bits per heavy atom. The molecule has 1 fully saturated rings. The minimum atomic E-state index is -0.623. The van der Waals surface area contributed by atoms with Crippen LogP contribution in [0.15, 0.2) is 28.7 Å². The summed E-state index contributed by atoms with van der Waals surface area (Å²) in [7, 11) is -0.623. The summed E-state index contributed by atoms with van der Waals surface area (Å²) in [5, 5.41) is 13.4. The van der Waals surface area contributed by atoms with E-state index in [0.717, 1.165) is 34.4 Å². The van der Waals surface area contributed by atoms with Gasteiger partial charge in [0.2, 0.25) is 0 Å². The molecule has 1 aromatic rings. The van der Waals surface area contributed by atoms with Crippen LogP contribution >= 0.6 is 15.9 Å². The van der Waals surface area contributed by atoms with E-state index in [1.165, 1.54) is 0 Å². The fourth-order valence-corrected chi connectivity index (χ4v) is 3.82. The molecule has 0 aromatic heterocycles. The third-order valence-corrected chi connectivity index (χ3v) is 5.10. The van der Waals surface area contributed by atoms with Gasteiger partial charge in [0.25, 0.3) is 0 Å². The van der Waals surface area contributed by atoms with E-state index >= 15 is 0 Å². The first-order valence-corrected chi connectivity index (χ1v) is 8.45. The van der Waals surface area contributed by atoms with Crippen LogP contribution in [0.5, 0.6) is 0 Å². The van der Waals surface area contributed by atoms with Crippen molar-refractivity contribution in [1.29, 1.82) is 0 Å². The highest BCUT2D eigenvalue weighted by Crippen LogP contribution is 2.18. The monoisotopic (exact) mass is 331 g/mol. The first-order chi connectivity index (χ1) is 8.65. The highest BCUT2D eigenvalue weighted by Gasteiger charge is 2.18. The number of benzene rings is 1. The van der Waals surface area contributed by atoms with Gasteiger partial charge in [-0.2, -0.15) is 0 Å². The minimum Gasteiger partial charge on any atom is -0.387 e. The zero-order valence-electron chi connectivity index (χ0n) is 10.1. The van der Waals surface area contributed by atoms with Gasteiger partial charge < -0.3 is 10.4 Å². The van der Waals surface area contributed by atoms with E-state index in [1.54, 1.807) is 0 Å². The molecule has 1 unspecified atom stereocenters. The van der Waals surface area contributed by atoms with Gasteiger partial charge in [-0.1, -0.05) is 28.1 Å². The second kappa shape index (κ2) is 6.80. The van der Waals surface area contributed by atoms with Gasteiger partial charge in [0.1, 0.15) is 0 Å². The Morgan fingerprint density at radius 1 is 1.44 bits per heavy atom. The van der Waals surface area contributed by atoms with Crippen molar-refractivity contribution in [1.82, 2.24) is 5.32 Å². The van der Waals surface area contributed by atoms with Gasteiger partial charge >= 0.3 is 0 Å². The van der Waals surface area contributed by atoms with Crippen LogP contribution < -0.4 is 5.32 Å². The number of hydrogen-bond donors (Lipinski definition) is 2. The maximum Gasteiger partial charge on any atom is 0.0914 e. The van der Waals surface area contributed by atoms with E-state index in [1.807, 2.05) is 24.3 Å². The maximum atomic E-state index is 11.2. The summed E-state index contributed by atoms with van der Waals surface area (Å²) >= 11 is 3.40. The Kier molecular flexibility index (Phi) is 5.36. The lowest BCUT2D eigenvalue weighted by molar-refractivity contribution is 0.168. The van der Waals surface area contributed by atoms with E-state index < -0.39 is 16.9 Å². The molecule has 0 radical (unpaired) electrons. The predicted octanol–water partition coefficient (Wildman–Crippen LogP) is 1.98. The molecule has 3 nitrogen and oxygen atoms in total. The largest absolute Gasteiger partial charge is 0.387 e. The first kappa shape index (κ1) is 14.2. The summed E-state index contributed by atoms with van der Waals surface area (Å²) in [5.41, 5.74) is 0.913. The average Bonchev–Trinajstić information content (AvgIpc) is 2.38. The van der Waals surface area contributed by atoms with Crippen molar-refractivity contribution in [3.05, 3.63) is 34.3 Å². The molecular formula is C13H18BrNO2S. The van der Waals surface area contributed by atoms with Gasteiger partial charge in [0, 0.05) is 39.4 Å². The maximum absolute atomic E-state index is 11.2. The quantitative estimate of drug-likeness (QED) is 0.887. The van der Waals surface area contributed by atoms with Crippen molar-refractivity contribution >= 4 is 26.7 Å². The highest BCUT2D eigenvalue weighted by atomic mass is 79.9. The molecule has 5 heteroatoms. The summed E-state index contributed by atoms with van der Waals surface area (Å²) in [6.07, 6.45) is 1.39. The molecule has 1 saturated heterocycles. The zero-order chi connectivity index (χ0) is 13.0. The fraction of sp³-hybridized carbons (Fsp3) is 0.538. The Hall–Kier alpha value is -0.230. The lowest BCUT2D eigenvalue weighted by Gasteiger charge is -2.24. The summed E-state index contributed by atoms with van der Waals surface area (Å²) in [5.74, 6) is 1.56. The zero-order valence-corrected chi connectivity index (χ0v) is 12.5. The molecule has 2 rings (SSSR count). The topological polar surface area (TPSA) is 49.3 Å². The van der Waals surface area contributed by atoms with E-state index in [4.69, 9.17) is 0 Å². The van der Waals surface area contributed by atoms with Gasteiger partial charge in [0.05, 0.1) is 6.10 Å². The molecule has 0 bridgehead atoms. The van der Waals surface area contributed by atoms with Gasteiger partial charge in [-0.3, -0.25) is 4.21 Å². The molecule has 0 saturated carbocycles. The van der Waals surface area contributed by atoms with Crippen molar-refractivity contribution in [3.63, 3.8) is 0 Å². The van der Waals surface area contributed by atoms with E-state index in [0.29, 0.717) is 12.6 Å². The number of hydrogen-bond acceptors (Lipinski definition) is 3. The molecule has 1 heterocycles. The average molecular weight is 332 g/mol. The van der Waals surface area contributed by atoms with Crippen LogP contribution in [0.4, 0.5) is 0 Å². The number of nitrogens with one attached hydrogen (secondary N) is 1. The SMILES string of the molecule is O=S1CCC(NCC(O)c2cccc(Br)c2)CC1. The van der Waals surface area contributed by atoms with Gasteiger partial charge in [-0.15, -0.1) is 0 Å². The van der Waals surface area contributed by atoms with E-state index in [9.17, 15) is 9.32 Å². The molecule has 1 aromatic carbocycles. The summed E-state index contributed by atoms with van der Waals surface area (Å²) in [6, 6.07) is 8.12. The third-order valence-electron chi connectivity index (χ3n) is 3.22. The second-order valence-electron chi connectivity index (χ2n) is 4.60. The normalized spacial score (nSPS) is 25.9. The Bertz CT molecular complexity index is 417. The molecule has 0 aliphatic carbocycles. The smallest absolute Gasteiger partial charge is 0.0914 e. The second-order valence-corrected chi connectivity index (χ2v) is 7.21. The van der Waals surface area contributed by atoms with E-state index in [-0.39, 0.29) is 0 Å². The first-order valence-electron chi connectivity index (χ1n) is 6.17. The van der Waals surface area contributed by atoms with Crippen molar-refractivity contribution in [2.45, 2.75) is 25.0 Å². The number of halogens is 1. The lowest BCUT2D eigenvalue weighted by Crippen LogP contribution is -2.37. The Morgan fingerprint density at radius 3 is 2.83 bits per heavy atom. The molecule has 100 valence electrons. The van der Waals surface area contributed by atoms with Gasteiger partial charge in [-0.25, -0.2) is 0 Å². The molecule has 18 heavy (non-hydrogen) atoms. The summed E-state index contributed by atoms with van der Waals surface area (Å²) in [4.78, 5) is 0. The van der Waals surface area contributed by atoms with Crippen molar-refractivity contribution in [3.8, 4) is 0 Å². The number of aliphatic hydroxyl groups excluding tert-OH is 1. The standard InChI is InChI=1S/C13H18BrNO2S/c14-11-3-1-2-10(8-11)13(16)9-15-12-4-6-18(17)7-5-12/h1-3,8,12-13,15-16H,4-7,9H2. The minimum absolute atomic E-state index is 0.393. The number of rotatable bonds is 4. The van der Waals surface area contributed by atoms with Crippen molar-refractivity contribution in [2.24, 2.45) is 0 Å².